The molecular formula is C12H14Br2N2O3. The molecule has 0 radical (unpaired) electrons. The third kappa shape index (κ3) is 5.61. The molecule has 5 nitrogen and oxygen atoms in total. The number of anilines is 1. The minimum atomic E-state index is -0.964. The van der Waals surface area contributed by atoms with E-state index in [-0.39, 0.29) is 6.42 Å². The molecule has 19 heavy (non-hydrogen) atoms. The van der Waals surface area contributed by atoms with Crippen molar-refractivity contribution >= 4 is 49.5 Å². The molecule has 0 aromatic heterocycles. The van der Waals surface area contributed by atoms with Crippen molar-refractivity contribution < 1.29 is 14.7 Å². The van der Waals surface area contributed by atoms with Crippen LogP contribution in [0.3, 0.4) is 0 Å². The Balaban J connectivity index is 2.70. The lowest BCUT2D eigenvalue weighted by molar-refractivity contribution is -0.138. The first-order valence-corrected chi connectivity index (χ1v) is 7.04. The van der Waals surface area contributed by atoms with Crippen LogP contribution >= 0.6 is 31.9 Å². The number of carbonyl (C=O) groups is 2. The first-order chi connectivity index (χ1) is 8.69. The molecule has 104 valence electrons. The first-order valence-electron chi connectivity index (χ1n) is 5.45. The Hall–Kier alpha value is -1.08. The van der Waals surface area contributed by atoms with Gasteiger partial charge < -0.3 is 15.7 Å². The highest BCUT2D eigenvalue weighted by atomic mass is 79.9. The smallest absolute Gasteiger partial charge is 0.319 e. The second-order valence-electron chi connectivity index (χ2n) is 4.66. The SMILES string of the molecule is CC(C)(CC(=O)O)NC(=O)Nc1cc(Br)ccc1Br. The molecular weight excluding hydrogens is 380 g/mol. The van der Waals surface area contributed by atoms with E-state index < -0.39 is 17.5 Å². The molecule has 3 N–H and O–H groups in total. The number of carboxylic acid groups (broad SMARTS) is 1. The lowest BCUT2D eigenvalue weighted by Gasteiger charge is -2.24. The molecule has 7 heteroatoms. The van der Waals surface area contributed by atoms with E-state index in [4.69, 9.17) is 5.11 Å². The maximum Gasteiger partial charge on any atom is 0.319 e. The molecule has 0 aliphatic heterocycles. The van der Waals surface area contributed by atoms with E-state index in [1.807, 2.05) is 6.07 Å². The summed E-state index contributed by atoms with van der Waals surface area (Å²) in [4.78, 5) is 22.5. The molecule has 1 aromatic carbocycles. The molecule has 0 spiro atoms. The van der Waals surface area contributed by atoms with Crippen LogP contribution in [0.5, 0.6) is 0 Å². The van der Waals surface area contributed by atoms with E-state index in [1.54, 1.807) is 26.0 Å². The van der Waals surface area contributed by atoms with Gasteiger partial charge in [0.2, 0.25) is 0 Å². The van der Waals surface area contributed by atoms with Gasteiger partial charge in [0.05, 0.1) is 12.1 Å². The van der Waals surface area contributed by atoms with E-state index in [9.17, 15) is 9.59 Å². The normalized spacial score (nSPS) is 10.9. The highest BCUT2D eigenvalue weighted by Gasteiger charge is 2.24. The number of carboxylic acids is 1. The van der Waals surface area contributed by atoms with Crippen molar-refractivity contribution in [3.05, 3.63) is 27.1 Å². The zero-order valence-electron chi connectivity index (χ0n) is 10.5. The molecule has 0 aliphatic carbocycles. The van der Waals surface area contributed by atoms with E-state index >= 15 is 0 Å². The lowest BCUT2D eigenvalue weighted by atomic mass is 10.0. The average molecular weight is 394 g/mol. The standard InChI is InChI=1S/C12H14Br2N2O3/c1-12(2,6-10(17)18)16-11(19)15-9-5-7(13)3-4-8(9)14/h3-5H,6H2,1-2H3,(H,17,18)(H2,15,16,19). The quantitative estimate of drug-likeness (QED) is 0.731. The molecule has 0 atom stereocenters. The van der Waals surface area contributed by atoms with Crippen molar-refractivity contribution in [1.29, 1.82) is 0 Å². The molecule has 0 fully saturated rings. The zero-order chi connectivity index (χ0) is 14.6. The Kier molecular flexibility index (Phi) is 5.37. The van der Waals surface area contributed by atoms with Crippen LogP contribution in [-0.2, 0) is 4.79 Å². The molecule has 0 saturated heterocycles. The van der Waals surface area contributed by atoms with Gasteiger partial charge in [-0.1, -0.05) is 15.9 Å². The number of hydrogen-bond donors (Lipinski definition) is 3. The topological polar surface area (TPSA) is 78.4 Å². The molecule has 1 aromatic rings. The number of aliphatic carboxylic acids is 1. The van der Waals surface area contributed by atoms with Gasteiger partial charge in [0, 0.05) is 14.5 Å². The summed E-state index contributed by atoms with van der Waals surface area (Å²) in [5, 5.41) is 14.0. The molecule has 0 aliphatic rings. The number of halogens is 2. The number of urea groups is 1. The lowest BCUT2D eigenvalue weighted by Crippen LogP contribution is -2.46. The predicted octanol–water partition coefficient (Wildman–Crippen LogP) is 3.59. The Morgan fingerprint density at radius 2 is 1.95 bits per heavy atom. The molecule has 1 rings (SSSR count). The fraction of sp³-hybridized carbons (Fsp3) is 0.333. The Labute approximate surface area is 128 Å². The van der Waals surface area contributed by atoms with Crippen LogP contribution in [0.2, 0.25) is 0 Å². The fourth-order valence-electron chi connectivity index (χ4n) is 1.48. The summed E-state index contributed by atoms with van der Waals surface area (Å²) in [5.41, 5.74) is -0.230. The van der Waals surface area contributed by atoms with Crippen LogP contribution in [-0.4, -0.2) is 22.6 Å². The van der Waals surface area contributed by atoms with Gasteiger partial charge in [-0.3, -0.25) is 4.79 Å². The summed E-state index contributed by atoms with van der Waals surface area (Å²) >= 11 is 6.63. The maximum atomic E-state index is 11.8. The number of hydrogen-bond acceptors (Lipinski definition) is 2. The summed E-state index contributed by atoms with van der Waals surface area (Å²) in [6, 6.07) is 4.92. The maximum absolute atomic E-state index is 11.8. The number of carbonyl (C=O) groups excluding carboxylic acids is 1. The van der Waals surface area contributed by atoms with Gasteiger partial charge in [0.25, 0.3) is 0 Å². The summed E-state index contributed by atoms with van der Waals surface area (Å²) in [7, 11) is 0. The Morgan fingerprint density at radius 3 is 2.53 bits per heavy atom. The van der Waals surface area contributed by atoms with Gasteiger partial charge in [0.1, 0.15) is 0 Å². The second-order valence-corrected chi connectivity index (χ2v) is 6.43. The van der Waals surface area contributed by atoms with Gasteiger partial charge >= 0.3 is 12.0 Å². The van der Waals surface area contributed by atoms with Gasteiger partial charge in [0.15, 0.2) is 0 Å². The zero-order valence-corrected chi connectivity index (χ0v) is 13.6. The summed E-state index contributed by atoms with van der Waals surface area (Å²) in [6.07, 6.45) is -0.153. The molecule has 0 saturated carbocycles. The molecule has 0 bridgehead atoms. The van der Waals surface area contributed by atoms with E-state index in [0.717, 1.165) is 8.95 Å². The minimum absolute atomic E-state index is 0.153. The highest BCUT2D eigenvalue weighted by molar-refractivity contribution is 9.11. The second kappa shape index (κ2) is 6.38. The fourth-order valence-corrected chi connectivity index (χ4v) is 2.18. The largest absolute Gasteiger partial charge is 0.481 e. The minimum Gasteiger partial charge on any atom is -0.481 e. The first kappa shape index (κ1) is 16.0. The molecule has 0 unspecified atom stereocenters. The van der Waals surface area contributed by atoms with Crippen molar-refractivity contribution in [2.45, 2.75) is 25.8 Å². The van der Waals surface area contributed by atoms with Crippen molar-refractivity contribution in [3.63, 3.8) is 0 Å². The van der Waals surface area contributed by atoms with Crippen LogP contribution < -0.4 is 10.6 Å². The summed E-state index contributed by atoms with van der Waals surface area (Å²) in [6.45, 7) is 3.30. The van der Waals surface area contributed by atoms with Gasteiger partial charge in [-0.25, -0.2) is 4.79 Å². The highest BCUT2D eigenvalue weighted by Crippen LogP contribution is 2.26. The third-order valence-electron chi connectivity index (χ3n) is 2.22. The van der Waals surface area contributed by atoms with Crippen LogP contribution in [0.4, 0.5) is 10.5 Å². The van der Waals surface area contributed by atoms with Crippen molar-refractivity contribution in [3.8, 4) is 0 Å². The number of benzene rings is 1. The van der Waals surface area contributed by atoms with E-state index in [2.05, 4.69) is 42.5 Å². The van der Waals surface area contributed by atoms with Gasteiger partial charge in [-0.05, 0) is 48.0 Å². The number of rotatable bonds is 4. The van der Waals surface area contributed by atoms with Crippen LogP contribution in [0.25, 0.3) is 0 Å². The molecule has 0 heterocycles. The average Bonchev–Trinajstić information content (AvgIpc) is 2.20. The predicted molar refractivity (Wildman–Crippen MR) is 80.3 cm³/mol. The van der Waals surface area contributed by atoms with Gasteiger partial charge in [-0.15, -0.1) is 0 Å². The van der Waals surface area contributed by atoms with Crippen molar-refractivity contribution in [2.75, 3.05) is 5.32 Å². The van der Waals surface area contributed by atoms with Crippen LogP contribution in [0.1, 0.15) is 20.3 Å². The summed E-state index contributed by atoms with van der Waals surface area (Å²) in [5.74, 6) is -0.964. The van der Waals surface area contributed by atoms with Crippen molar-refractivity contribution in [1.82, 2.24) is 5.32 Å². The Bertz CT molecular complexity index is 504. The Morgan fingerprint density at radius 1 is 1.32 bits per heavy atom. The van der Waals surface area contributed by atoms with Gasteiger partial charge in [-0.2, -0.15) is 0 Å². The van der Waals surface area contributed by atoms with E-state index in [0.29, 0.717) is 5.69 Å². The van der Waals surface area contributed by atoms with Crippen LogP contribution in [0, 0.1) is 0 Å². The summed E-state index contributed by atoms with van der Waals surface area (Å²) < 4.78 is 1.57. The monoisotopic (exact) mass is 392 g/mol. The number of amides is 2. The number of nitrogens with one attached hydrogen (secondary N) is 2. The van der Waals surface area contributed by atoms with E-state index in [1.165, 1.54) is 0 Å². The third-order valence-corrected chi connectivity index (χ3v) is 3.41. The van der Waals surface area contributed by atoms with Crippen molar-refractivity contribution in [2.24, 2.45) is 0 Å². The van der Waals surface area contributed by atoms with Crippen LogP contribution in [0.15, 0.2) is 27.1 Å². The molecule has 2 amide bonds.